The molecule has 0 spiro atoms. The van der Waals surface area contributed by atoms with Crippen molar-refractivity contribution < 1.29 is 14.3 Å². The molecule has 0 saturated carbocycles. The minimum atomic E-state index is -0.390. The number of halogens is 2. The minimum Gasteiger partial charge on any atom is -0.396 e. The summed E-state index contributed by atoms with van der Waals surface area (Å²) in [5, 5.41) is 12.3. The van der Waals surface area contributed by atoms with E-state index in [1.54, 1.807) is 6.07 Å². The van der Waals surface area contributed by atoms with Crippen LogP contribution < -0.4 is 5.32 Å². The van der Waals surface area contributed by atoms with E-state index >= 15 is 0 Å². The molecule has 1 aliphatic heterocycles. The van der Waals surface area contributed by atoms with E-state index in [1.165, 1.54) is 12.1 Å². The third-order valence-electron chi connectivity index (χ3n) is 4.14. The fraction of sp³-hybridized carbons (Fsp3) is 0.562. The first-order valence-corrected chi connectivity index (χ1v) is 7.95. The van der Waals surface area contributed by atoms with Crippen molar-refractivity contribution in [1.82, 2.24) is 10.2 Å². The van der Waals surface area contributed by atoms with E-state index in [1.807, 2.05) is 6.92 Å². The number of aliphatic hydroxyl groups excluding tert-OH is 1. The molecule has 1 aliphatic rings. The molecule has 1 heterocycles. The Morgan fingerprint density at radius 1 is 1.50 bits per heavy atom. The van der Waals surface area contributed by atoms with Crippen molar-refractivity contribution in [3.05, 3.63) is 34.6 Å². The van der Waals surface area contributed by atoms with Crippen LogP contribution in [0.15, 0.2) is 18.2 Å². The van der Waals surface area contributed by atoms with Gasteiger partial charge in [0.1, 0.15) is 5.82 Å². The summed E-state index contributed by atoms with van der Waals surface area (Å²) >= 11 is 6.01. The highest BCUT2D eigenvalue weighted by atomic mass is 35.5. The summed E-state index contributed by atoms with van der Waals surface area (Å²) in [4.78, 5) is 14.2. The zero-order chi connectivity index (χ0) is 16.1. The van der Waals surface area contributed by atoms with Crippen LogP contribution in [0.25, 0.3) is 0 Å². The molecule has 4 nitrogen and oxygen atoms in total. The van der Waals surface area contributed by atoms with Crippen molar-refractivity contribution in [2.75, 3.05) is 26.2 Å². The first-order chi connectivity index (χ1) is 10.5. The van der Waals surface area contributed by atoms with Gasteiger partial charge in [0.15, 0.2) is 0 Å². The summed E-state index contributed by atoms with van der Waals surface area (Å²) in [6.07, 6.45) is 1.84. The Morgan fingerprint density at radius 3 is 2.77 bits per heavy atom. The normalized spacial score (nSPS) is 18.2. The molecule has 1 aromatic rings. The van der Waals surface area contributed by atoms with E-state index in [0.29, 0.717) is 23.0 Å². The van der Waals surface area contributed by atoms with Crippen molar-refractivity contribution in [3.63, 3.8) is 0 Å². The Hall–Kier alpha value is -1.17. The molecule has 2 N–H and O–H groups in total. The van der Waals surface area contributed by atoms with Gasteiger partial charge >= 0.3 is 0 Å². The fourth-order valence-corrected chi connectivity index (χ4v) is 3.08. The maximum Gasteiger partial charge on any atom is 0.234 e. The molecule has 2 rings (SSSR count). The maximum absolute atomic E-state index is 13.0. The van der Waals surface area contributed by atoms with Crippen molar-refractivity contribution in [2.45, 2.75) is 25.8 Å². The van der Waals surface area contributed by atoms with Crippen LogP contribution >= 0.6 is 11.6 Å². The van der Waals surface area contributed by atoms with Gasteiger partial charge in [0.25, 0.3) is 0 Å². The lowest BCUT2D eigenvalue weighted by molar-refractivity contribution is -0.123. The zero-order valence-electron chi connectivity index (χ0n) is 12.7. The average molecular weight is 329 g/mol. The van der Waals surface area contributed by atoms with Gasteiger partial charge in [0.2, 0.25) is 5.91 Å². The molecule has 0 bridgehead atoms. The van der Waals surface area contributed by atoms with Gasteiger partial charge in [-0.2, -0.15) is 0 Å². The minimum absolute atomic E-state index is 0.0738. The monoisotopic (exact) mass is 328 g/mol. The number of aliphatic hydroxyl groups is 1. The number of likely N-dealkylation sites (tertiary alicyclic amines) is 1. The van der Waals surface area contributed by atoms with Crippen molar-refractivity contribution in [1.29, 1.82) is 0 Å². The number of benzene rings is 1. The number of hydrogen-bond donors (Lipinski definition) is 2. The molecular weight excluding hydrogens is 307 g/mol. The van der Waals surface area contributed by atoms with Crippen LogP contribution in [0, 0.1) is 11.7 Å². The van der Waals surface area contributed by atoms with Gasteiger partial charge in [-0.1, -0.05) is 17.7 Å². The van der Waals surface area contributed by atoms with Crippen LogP contribution in [0.4, 0.5) is 4.39 Å². The fourth-order valence-electron chi connectivity index (χ4n) is 2.75. The Balaban J connectivity index is 1.84. The predicted molar refractivity (Wildman–Crippen MR) is 84.2 cm³/mol. The Labute approximate surface area is 135 Å². The molecule has 1 amide bonds. The molecule has 1 atom stereocenters. The third-order valence-corrected chi connectivity index (χ3v) is 4.47. The van der Waals surface area contributed by atoms with Crippen molar-refractivity contribution in [3.8, 4) is 0 Å². The van der Waals surface area contributed by atoms with Gasteiger partial charge in [0, 0.05) is 11.6 Å². The first-order valence-electron chi connectivity index (χ1n) is 7.57. The average Bonchev–Trinajstić information content (AvgIpc) is 2.47. The Morgan fingerprint density at radius 2 is 2.18 bits per heavy atom. The third kappa shape index (κ3) is 4.66. The van der Waals surface area contributed by atoms with Gasteiger partial charge < -0.3 is 10.4 Å². The van der Waals surface area contributed by atoms with E-state index in [4.69, 9.17) is 16.7 Å². The van der Waals surface area contributed by atoms with Gasteiger partial charge in [-0.05, 0) is 56.5 Å². The summed E-state index contributed by atoms with van der Waals surface area (Å²) in [5.41, 5.74) is 0.704. The van der Waals surface area contributed by atoms with Crippen LogP contribution in [0.3, 0.4) is 0 Å². The molecule has 6 heteroatoms. The van der Waals surface area contributed by atoms with E-state index in [2.05, 4.69) is 10.2 Å². The van der Waals surface area contributed by atoms with E-state index in [0.717, 1.165) is 25.9 Å². The first kappa shape index (κ1) is 17.2. The van der Waals surface area contributed by atoms with Gasteiger partial charge in [-0.3, -0.25) is 9.69 Å². The Bertz CT molecular complexity index is 519. The molecule has 122 valence electrons. The van der Waals surface area contributed by atoms with Crippen LogP contribution in [0.2, 0.25) is 5.02 Å². The summed E-state index contributed by atoms with van der Waals surface area (Å²) in [5.74, 6) is -0.106. The van der Waals surface area contributed by atoms with Crippen molar-refractivity contribution in [2.24, 2.45) is 5.92 Å². The van der Waals surface area contributed by atoms with Gasteiger partial charge in [0.05, 0.1) is 12.6 Å². The van der Waals surface area contributed by atoms with Crippen LogP contribution in [0.5, 0.6) is 0 Å². The lowest BCUT2D eigenvalue weighted by atomic mass is 9.98. The number of amides is 1. The number of nitrogens with one attached hydrogen (secondary N) is 1. The summed E-state index contributed by atoms with van der Waals surface area (Å²) in [7, 11) is 0. The number of carbonyl (C=O) groups is 1. The van der Waals surface area contributed by atoms with Crippen LogP contribution in [-0.2, 0) is 4.79 Å². The van der Waals surface area contributed by atoms with Crippen molar-refractivity contribution >= 4 is 17.5 Å². The summed E-state index contributed by atoms with van der Waals surface area (Å²) in [6, 6.07) is 3.91. The number of rotatable bonds is 5. The molecule has 0 unspecified atom stereocenters. The maximum atomic E-state index is 13.0. The topological polar surface area (TPSA) is 52.6 Å². The number of carbonyl (C=O) groups excluding carboxylic acids is 1. The summed E-state index contributed by atoms with van der Waals surface area (Å²) < 4.78 is 13.0. The molecule has 22 heavy (non-hydrogen) atoms. The largest absolute Gasteiger partial charge is 0.396 e. The molecule has 0 aliphatic carbocycles. The van der Waals surface area contributed by atoms with Crippen LogP contribution in [-0.4, -0.2) is 42.2 Å². The molecule has 1 fully saturated rings. The second-order valence-electron chi connectivity index (χ2n) is 5.86. The SMILES string of the molecule is C[C@@H](NC(=O)CN1CCC(CO)CC1)c1ccc(F)cc1Cl. The lowest BCUT2D eigenvalue weighted by Crippen LogP contribution is -2.42. The standard InChI is InChI=1S/C16H22ClFN2O2/c1-11(14-3-2-13(18)8-15(14)17)19-16(22)9-20-6-4-12(10-21)5-7-20/h2-3,8,11-12,21H,4-7,9-10H2,1H3,(H,19,22)/t11-/m1/s1. The highest BCUT2D eigenvalue weighted by Crippen LogP contribution is 2.23. The smallest absolute Gasteiger partial charge is 0.234 e. The number of piperidine rings is 1. The lowest BCUT2D eigenvalue weighted by Gasteiger charge is -2.30. The van der Waals surface area contributed by atoms with Gasteiger partial charge in [-0.25, -0.2) is 4.39 Å². The van der Waals surface area contributed by atoms with E-state index in [9.17, 15) is 9.18 Å². The van der Waals surface area contributed by atoms with E-state index in [-0.39, 0.29) is 24.4 Å². The highest BCUT2D eigenvalue weighted by Gasteiger charge is 2.21. The molecule has 1 aromatic carbocycles. The molecular formula is C16H22ClFN2O2. The zero-order valence-corrected chi connectivity index (χ0v) is 13.4. The molecule has 0 aromatic heterocycles. The number of hydrogen-bond acceptors (Lipinski definition) is 3. The van der Waals surface area contributed by atoms with Crippen LogP contribution in [0.1, 0.15) is 31.4 Å². The predicted octanol–water partition coefficient (Wildman–Crippen LogP) is 2.36. The summed E-state index contributed by atoms with van der Waals surface area (Å²) in [6.45, 7) is 4.03. The van der Waals surface area contributed by atoms with E-state index < -0.39 is 0 Å². The number of nitrogens with zero attached hydrogens (tertiary/aromatic N) is 1. The molecule has 1 saturated heterocycles. The second kappa shape index (κ2) is 7.90. The Kier molecular flexibility index (Phi) is 6.17. The molecule has 0 radical (unpaired) electrons. The highest BCUT2D eigenvalue weighted by molar-refractivity contribution is 6.31. The second-order valence-corrected chi connectivity index (χ2v) is 6.26. The van der Waals surface area contributed by atoms with Gasteiger partial charge in [-0.15, -0.1) is 0 Å². The quantitative estimate of drug-likeness (QED) is 0.872.